The standard InChI is InChI=1S/C20H20I3N3O3/c1-11(20(28)29)10-26(3)19(27)16-14(21)9-15(22)18(17(16)23)25-12(2)24-13-7-5-4-6-8-13/h4-9,11H,10H2,1-3H3,(H,24,25)(H,28,29). The summed E-state index contributed by atoms with van der Waals surface area (Å²) in [6.45, 7) is 3.60. The van der Waals surface area contributed by atoms with Gasteiger partial charge in [0.05, 0.1) is 20.7 Å². The van der Waals surface area contributed by atoms with E-state index in [9.17, 15) is 9.59 Å². The van der Waals surface area contributed by atoms with Crippen LogP contribution in [0.15, 0.2) is 41.4 Å². The number of rotatable bonds is 6. The first-order valence-corrected chi connectivity index (χ1v) is 11.9. The number of carboxylic acids is 1. The minimum Gasteiger partial charge on any atom is -0.481 e. The van der Waals surface area contributed by atoms with Gasteiger partial charge in [0.1, 0.15) is 5.84 Å². The van der Waals surface area contributed by atoms with Crippen LogP contribution in [0.2, 0.25) is 0 Å². The molecule has 2 N–H and O–H groups in total. The molecule has 2 aromatic rings. The van der Waals surface area contributed by atoms with Gasteiger partial charge in [-0.2, -0.15) is 0 Å². The second-order valence-electron chi connectivity index (χ2n) is 6.49. The molecule has 0 aromatic heterocycles. The van der Waals surface area contributed by atoms with Gasteiger partial charge in [0.15, 0.2) is 0 Å². The fourth-order valence-electron chi connectivity index (χ4n) is 2.57. The van der Waals surface area contributed by atoms with Crippen LogP contribution in [0.4, 0.5) is 11.4 Å². The Bertz CT molecular complexity index is 949. The topological polar surface area (TPSA) is 82.0 Å². The number of carbonyl (C=O) groups is 2. The number of anilines is 1. The van der Waals surface area contributed by atoms with Gasteiger partial charge in [0, 0.05) is 26.4 Å². The number of nitrogens with one attached hydrogen (secondary N) is 1. The molecule has 2 aromatic carbocycles. The second-order valence-corrected chi connectivity index (χ2v) is 9.89. The molecule has 0 aliphatic rings. The summed E-state index contributed by atoms with van der Waals surface area (Å²) in [5.74, 6) is -1.07. The Morgan fingerprint density at radius 2 is 1.79 bits per heavy atom. The zero-order valence-corrected chi connectivity index (χ0v) is 22.5. The van der Waals surface area contributed by atoms with Gasteiger partial charge in [-0.05, 0) is 92.9 Å². The van der Waals surface area contributed by atoms with Gasteiger partial charge in [0.2, 0.25) is 0 Å². The minimum absolute atomic E-state index is 0.138. The van der Waals surface area contributed by atoms with Crippen molar-refractivity contribution < 1.29 is 14.7 Å². The highest BCUT2D eigenvalue weighted by Gasteiger charge is 2.24. The van der Waals surface area contributed by atoms with Crippen LogP contribution in [0.5, 0.6) is 0 Å². The first-order chi connectivity index (χ1) is 13.6. The van der Waals surface area contributed by atoms with Crippen LogP contribution < -0.4 is 5.32 Å². The van der Waals surface area contributed by atoms with E-state index in [4.69, 9.17) is 10.1 Å². The maximum absolute atomic E-state index is 13.0. The van der Waals surface area contributed by atoms with Crippen LogP contribution in [0, 0.1) is 16.6 Å². The van der Waals surface area contributed by atoms with Crippen LogP contribution in [-0.2, 0) is 4.79 Å². The molecular formula is C20H20I3N3O3. The summed E-state index contributed by atoms with van der Waals surface area (Å²) in [6.07, 6.45) is 0. The lowest BCUT2D eigenvalue weighted by Gasteiger charge is -2.21. The number of benzene rings is 2. The molecule has 1 amide bonds. The van der Waals surface area contributed by atoms with Gasteiger partial charge in [0.25, 0.3) is 5.91 Å². The molecule has 1 atom stereocenters. The fraction of sp³-hybridized carbons (Fsp3) is 0.250. The molecule has 9 heteroatoms. The molecule has 2 rings (SSSR count). The molecule has 0 spiro atoms. The number of hydrogen-bond donors (Lipinski definition) is 2. The molecule has 0 radical (unpaired) electrons. The molecule has 0 bridgehead atoms. The van der Waals surface area contributed by atoms with E-state index in [1.807, 2.05) is 43.3 Å². The summed E-state index contributed by atoms with van der Waals surface area (Å²) in [6, 6.07) is 11.7. The van der Waals surface area contributed by atoms with Gasteiger partial charge < -0.3 is 15.3 Å². The van der Waals surface area contributed by atoms with E-state index in [1.165, 1.54) is 4.90 Å². The van der Waals surface area contributed by atoms with Crippen molar-refractivity contribution in [2.24, 2.45) is 10.9 Å². The summed E-state index contributed by atoms with van der Waals surface area (Å²) >= 11 is 6.50. The Morgan fingerprint density at radius 1 is 1.17 bits per heavy atom. The number of nitrogens with zero attached hydrogens (tertiary/aromatic N) is 2. The molecule has 29 heavy (non-hydrogen) atoms. The smallest absolute Gasteiger partial charge is 0.308 e. The molecule has 0 heterocycles. The number of halogens is 3. The molecule has 0 aliphatic carbocycles. The van der Waals surface area contributed by atoms with E-state index in [-0.39, 0.29) is 12.5 Å². The third-order valence-corrected chi connectivity index (χ3v) is 6.78. The average molecular weight is 731 g/mol. The van der Waals surface area contributed by atoms with Crippen molar-refractivity contribution in [2.45, 2.75) is 13.8 Å². The van der Waals surface area contributed by atoms with Gasteiger partial charge in [-0.1, -0.05) is 25.1 Å². The average Bonchev–Trinajstić information content (AvgIpc) is 2.65. The first-order valence-electron chi connectivity index (χ1n) is 8.65. The highest BCUT2D eigenvalue weighted by Crippen LogP contribution is 2.34. The predicted molar refractivity (Wildman–Crippen MR) is 141 cm³/mol. The molecule has 0 saturated carbocycles. The zero-order valence-electron chi connectivity index (χ0n) is 16.0. The summed E-state index contributed by atoms with van der Waals surface area (Å²) < 4.78 is 2.49. The summed E-state index contributed by atoms with van der Waals surface area (Å²) in [5.41, 5.74) is 2.19. The van der Waals surface area contributed by atoms with Gasteiger partial charge in [-0.15, -0.1) is 0 Å². The lowest BCUT2D eigenvalue weighted by Crippen LogP contribution is -2.34. The monoisotopic (exact) mass is 731 g/mol. The van der Waals surface area contributed by atoms with E-state index >= 15 is 0 Å². The van der Waals surface area contributed by atoms with Crippen molar-refractivity contribution in [3.63, 3.8) is 0 Å². The number of hydrogen-bond acceptors (Lipinski definition) is 3. The molecular weight excluding hydrogens is 711 g/mol. The van der Waals surface area contributed by atoms with Gasteiger partial charge in [-0.25, -0.2) is 4.99 Å². The van der Waals surface area contributed by atoms with Crippen molar-refractivity contribution in [3.05, 3.63) is 52.7 Å². The normalized spacial score (nSPS) is 12.4. The van der Waals surface area contributed by atoms with Crippen LogP contribution in [0.25, 0.3) is 0 Å². The molecule has 154 valence electrons. The molecule has 1 unspecified atom stereocenters. The lowest BCUT2D eigenvalue weighted by atomic mass is 10.1. The maximum Gasteiger partial charge on any atom is 0.308 e. The molecule has 0 aliphatic heterocycles. The lowest BCUT2D eigenvalue weighted by molar-refractivity contribution is -0.141. The Kier molecular flexibility index (Phi) is 9.13. The largest absolute Gasteiger partial charge is 0.481 e. The van der Waals surface area contributed by atoms with Crippen LogP contribution in [0.1, 0.15) is 24.2 Å². The van der Waals surface area contributed by atoms with Crippen molar-refractivity contribution >= 4 is 96.9 Å². The minimum atomic E-state index is -0.926. The summed E-state index contributed by atoms with van der Waals surface area (Å²) in [5, 5.41) is 12.4. The van der Waals surface area contributed by atoms with Crippen molar-refractivity contribution in [1.82, 2.24) is 4.90 Å². The third-order valence-electron chi connectivity index (χ3n) is 4.05. The van der Waals surface area contributed by atoms with Gasteiger partial charge >= 0.3 is 5.97 Å². The number of carbonyl (C=O) groups excluding carboxylic acids is 1. The maximum atomic E-state index is 13.0. The summed E-state index contributed by atoms with van der Waals surface area (Å²) in [7, 11) is 1.62. The van der Waals surface area contributed by atoms with Gasteiger partial charge in [-0.3, -0.25) is 9.59 Å². The Hall–Kier alpha value is -0.960. The quantitative estimate of drug-likeness (QED) is 0.235. The van der Waals surface area contributed by atoms with Crippen LogP contribution >= 0.6 is 67.8 Å². The predicted octanol–water partition coefficient (Wildman–Crippen LogP) is 5.46. The van der Waals surface area contributed by atoms with E-state index in [0.29, 0.717) is 11.4 Å². The second kappa shape index (κ2) is 10.9. The molecule has 6 nitrogen and oxygen atoms in total. The number of amidine groups is 1. The number of aliphatic carboxylic acids is 1. The number of aliphatic imine (C=N–C) groups is 1. The third kappa shape index (κ3) is 6.51. The number of carboxylic acid groups (broad SMARTS) is 1. The number of amides is 1. The van der Waals surface area contributed by atoms with Crippen LogP contribution in [0.3, 0.4) is 0 Å². The number of para-hydroxylation sites is 1. The SMILES string of the molecule is CC(=Nc1c(I)cc(I)c(C(=O)N(C)CC(C)C(=O)O)c1I)Nc1ccccc1. The Morgan fingerprint density at radius 3 is 2.38 bits per heavy atom. The van der Waals surface area contributed by atoms with Crippen LogP contribution in [-0.4, -0.2) is 41.3 Å². The van der Waals surface area contributed by atoms with E-state index < -0.39 is 11.9 Å². The highest BCUT2D eigenvalue weighted by molar-refractivity contribution is 14.1. The molecule has 0 fully saturated rings. The molecule has 0 saturated heterocycles. The highest BCUT2D eigenvalue weighted by atomic mass is 127. The summed E-state index contributed by atoms with van der Waals surface area (Å²) in [4.78, 5) is 30.3. The van der Waals surface area contributed by atoms with E-state index in [1.54, 1.807) is 14.0 Å². The first kappa shape index (κ1) is 24.3. The zero-order chi connectivity index (χ0) is 21.7. The van der Waals surface area contributed by atoms with Crippen molar-refractivity contribution in [1.29, 1.82) is 0 Å². The van der Waals surface area contributed by atoms with E-state index in [2.05, 4.69) is 73.1 Å². The fourth-order valence-corrected chi connectivity index (χ4v) is 6.64. The van der Waals surface area contributed by atoms with Crippen molar-refractivity contribution in [2.75, 3.05) is 18.9 Å². The van der Waals surface area contributed by atoms with Crippen molar-refractivity contribution in [3.8, 4) is 0 Å². The Labute approximate surface area is 211 Å². The van der Waals surface area contributed by atoms with E-state index in [0.717, 1.165) is 22.1 Å². The Balaban J connectivity index is 2.37.